The Morgan fingerprint density at radius 2 is 2.38 bits per heavy atom. The highest BCUT2D eigenvalue weighted by Crippen LogP contribution is 2.13. The Labute approximate surface area is 78.9 Å². The largest absolute Gasteiger partial charge is 0.477 e. The van der Waals surface area contributed by atoms with E-state index in [1.54, 1.807) is 6.20 Å². The predicted octanol–water partition coefficient (Wildman–Crippen LogP) is 1.72. The minimum atomic E-state index is 0.481. The van der Waals surface area contributed by atoms with Crippen LogP contribution >= 0.6 is 0 Å². The quantitative estimate of drug-likeness (QED) is 0.702. The second-order valence-electron chi connectivity index (χ2n) is 2.87. The third-order valence-electron chi connectivity index (χ3n) is 1.81. The van der Waals surface area contributed by atoms with Gasteiger partial charge in [0.1, 0.15) is 0 Å². The maximum absolute atomic E-state index is 5.53. The summed E-state index contributed by atoms with van der Waals surface area (Å²) < 4.78 is 5.48. The molecule has 13 heavy (non-hydrogen) atoms. The lowest BCUT2D eigenvalue weighted by molar-refractivity contribution is 0.294. The molecule has 0 aliphatic carbocycles. The molecule has 1 heterocycles. The smallest absolute Gasteiger partial charge is 0.217 e. The van der Waals surface area contributed by atoms with Crippen LogP contribution in [0.4, 0.5) is 0 Å². The van der Waals surface area contributed by atoms with Crippen molar-refractivity contribution in [2.45, 2.75) is 26.3 Å². The Morgan fingerprint density at radius 3 is 3.08 bits per heavy atom. The summed E-state index contributed by atoms with van der Waals surface area (Å²) >= 11 is 0. The van der Waals surface area contributed by atoms with Crippen LogP contribution in [0.5, 0.6) is 5.88 Å². The fraction of sp³-hybridized carbons (Fsp3) is 0.500. The van der Waals surface area contributed by atoms with Crippen molar-refractivity contribution in [3.63, 3.8) is 0 Å². The molecule has 0 spiro atoms. The van der Waals surface area contributed by atoms with E-state index in [1.807, 2.05) is 12.1 Å². The maximum atomic E-state index is 5.53. The molecule has 0 unspecified atom stereocenters. The predicted molar refractivity (Wildman–Crippen MR) is 52.5 cm³/mol. The van der Waals surface area contributed by atoms with Crippen molar-refractivity contribution in [1.82, 2.24) is 4.98 Å². The Morgan fingerprint density at radius 1 is 1.54 bits per heavy atom. The molecular weight excluding hydrogens is 164 g/mol. The van der Waals surface area contributed by atoms with Crippen molar-refractivity contribution >= 4 is 0 Å². The molecular formula is C10H16N2O. The molecule has 2 N–H and O–H groups in total. The van der Waals surface area contributed by atoms with Gasteiger partial charge in [-0.25, -0.2) is 4.98 Å². The van der Waals surface area contributed by atoms with Gasteiger partial charge in [-0.3, -0.25) is 0 Å². The molecule has 0 fully saturated rings. The van der Waals surface area contributed by atoms with Crippen LogP contribution in [0.2, 0.25) is 0 Å². The van der Waals surface area contributed by atoms with Gasteiger partial charge in [-0.15, -0.1) is 0 Å². The van der Waals surface area contributed by atoms with Gasteiger partial charge in [0.2, 0.25) is 5.88 Å². The first-order valence-electron chi connectivity index (χ1n) is 4.65. The monoisotopic (exact) mass is 180 g/mol. The van der Waals surface area contributed by atoms with Crippen LogP contribution in [-0.4, -0.2) is 11.6 Å². The Balaban J connectivity index is 2.54. The summed E-state index contributed by atoms with van der Waals surface area (Å²) in [6.07, 6.45) is 3.91. The number of hydrogen-bond acceptors (Lipinski definition) is 3. The van der Waals surface area contributed by atoms with Crippen molar-refractivity contribution in [3.05, 3.63) is 23.9 Å². The summed E-state index contributed by atoms with van der Waals surface area (Å²) in [5.74, 6) is 0.679. The van der Waals surface area contributed by atoms with Crippen LogP contribution < -0.4 is 10.5 Å². The van der Waals surface area contributed by atoms with Gasteiger partial charge >= 0.3 is 0 Å². The number of ether oxygens (including phenoxy) is 1. The average molecular weight is 180 g/mol. The fourth-order valence-corrected chi connectivity index (χ4v) is 1.02. The molecule has 0 aromatic carbocycles. The van der Waals surface area contributed by atoms with Gasteiger partial charge < -0.3 is 10.5 Å². The van der Waals surface area contributed by atoms with Gasteiger partial charge in [0.15, 0.2) is 0 Å². The van der Waals surface area contributed by atoms with Crippen molar-refractivity contribution in [2.75, 3.05) is 6.61 Å². The van der Waals surface area contributed by atoms with Crippen LogP contribution in [0.15, 0.2) is 18.3 Å². The molecule has 0 bridgehead atoms. The number of nitrogens with two attached hydrogens (primary N) is 1. The van der Waals surface area contributed by atoms with Crippen LogP contribution in [0, 0.1) is 0 Å². The van der Waals surface area contributed by atoms with Gasteiger partial charge in [-0.05, 0) is 12.5 Å². The molecule has 3 nitrogen and oxygen atoms in total. The maximum Gasteiger partial charge on any atom is 0.217 e. The fourth-order valence-electron chi connectivity index (χ4n) is 1.02. The lowest BCUT2D eigenvalue weighted by Crippen LogP contribution is -2.04. The zero-order chi connectivity index (χ0) is 9.52. The lowest BCUT2D eigenvalue weighted by atomic mass is 10.3. The highest BCUT2D eigenvalue weighted by molar-refractivity contribution is 5.24. The number of rotatable bonds is 5. The van der Waals surface area contributed by atoms with E-state index >= 15 is 0 Å². The summed E-state index contributed by atoms with van der Waals surface area (Å²) in [6.45, 7) is 3.33. The van der Waals surface area contributed by atoms with Gasteiger partial charge in [-0.2, -0.15) is 0 Å². The second kappa shape index (κ2) is 5.54. The molecule has 0 aliphatic rings. The minimum absolute atomic E-state index is 0.481. The van der Waals surface area contributed by atoms with E-state index in [0.717, 1.165) is 25.0 Å². The van der Waals surface area contributed by atoms with Crippen molar-refractivity contribution in [2.24, 2.45) is 5.73 Å². The topological polar surface area (TPSA) is 48.1 Å². The summed E-state index contributed by atoms with van der Waals surface area (Å²) in [4.78, 5) is 4.12. The normalized spacial score (nSPS) is 10.0. The van der Waals surface area contributed by atoms with Gasteiger partial charge in [0, 0.05) is 18.3 Å². The standard InChI is InChI=1S/C10H16N2O/c1-2-3-7-13-10-9(8-11)5-4-6-12-10/h4-6H,2-3,7-8,11H2,1H3. The van der Waals surface area contributed by atoms with Crippen LogP contribution in [0.1, 0.15) is 25.3 Å². The summed E-state index contributed by atoms with van der Waals surface area (Å²) in [7, 11) is 0. The van der Waals surface area contributed by atoms with E-state index in [1.165, 1.54) is 0 Å². The third kappa shape index (κ3) is 3.03. The average Bonchev–Trinajstić information content (AvgIpc) is 2.19. The molecule has 0 saturated carbocycles. The van der Waals surface area contributed by atoms with E-state index in [9.17, 15) is 0 Å². The number of aromatic nitrogens is 1. The zero-order valence-corrected chi connectivity index (χ0v) is 7.99. The highest BCUT2D eigenvalue weighted by atomic mass is 16.5. The van der Waals surface area contributed by atoms with E-state index in [0.29, 0.717) is 12.4 Å². The molecule has 0 radical (unpaired) electrons. The van der Waals surface area contributed by atoms with Crippen LogP contribution in [-0.2, 0) is 6.54 Å². The number of nitrogens with zero attached hydrogens (tertiary/aromatic N) is 1. The molecule has 0 saturated heterocycles. The van der Waals surface area contributed by atoms with Crippen molar-refractivity contribution in [3.8, 4) is 5.88 Å². The lowest BCUT2D eigenvalue weighted by Gasteiger charge is -2.07. The molecule has 0 aliphatic heterocycles. The summed E-state index contributed by atoms with van der Waals surface area (Å²) in [5, 5.41) is 0. The number of hydrogen-bond donors (Lipinski definition) is 1. The zero-order valence-electron chi connectivity index (χ0n) is 7.99. The third-order valence-corrected chi connectivity index (χ3v) is 1.81. The molecule has 1 aromatic heterocycles. The highest BCUT2D eigenvalue weighted by Gasteiger charge is 2.00. The first kappa shape index (κ1) is 9.99. The molecule has 1 aromatic rings. The van der Waals surface area contributed by atoms with Gasteiger partial charge in [-0.1, -0.05) is 19.4 Å². The first-order chi connectivity index (χ1) is 6.38. The number of pyridine rings is 1. The Bertz CT molecular complexity index is 250. The van der Waals surface area contributed by atoms with Gasteiger partial charge in [0.25, 0.3) is 0 Å². The van der Waals surface area contributed by atoms with E-state index in [2.05, 4.69) is 11.9 Å². The molecule has 1 rings (SSSR count). The van der Waals surface area contributed by atoms with Crippen LogP contribution in [0.25, 0.3) is 0 Å². The SMILES string of the molecule is CCCCOc1ncccc1CN. The van der Waals surface area contributed by atoms with E-state index in [-0.39, 0.29) is 0 Å². The molecule has 72 valence electrons. The molecule has 0 amide bonds. The van der Waals surface area contributed by atoms with E-state index in [4.69, 9.17) is 10.5 Å². The van der Waals surface area contributed by atoms with Crippen LogP contribution in [0.3, 0.4) is 0 Å². The Kier molecular flexibility index (Phi) is 4.26. The summed E-state index contributed by atoms with van der Waals surface area (Å²) in [5.41, 5.74) is 6.51. The van der Waals surface area contributed by atoms with Crippen molar-refractivity contribution < 1.29 is 4.74 Å². The van der Waals surface area contributed by atoms with Gasteiger partial charge in [0.05, 0.1) is 6.61 Å². The Hall–Kier alpha value is -1.09. The molecule has 3 heteroatoms. The van der Waals surface area contributed by atoms with E-state index < -0.39 is 0 Å². The summed E-state index contributed by atoms with van der Waals surface area (Å²) in [6, 6.07) is 3.81. The number of unbranched alkanes of at least 4 members (excludes halogenated alkanes) is 1. The minimum Gasteiger partial charge on any atom is -0.477 e. The molecule has 0 atom stereocenters. The van der Waals surface area contributed by atoms with Crippen molar-refractivity contribution in [1.29, 1.82) is 0 Å². The second-order valence-corrected chi connectivity index (χ2v) is 2.87. The first-order valence-corrected chi connectivity index (χ1v) is 4.65.